The number of hydrogen-bond donors (Lipinski definition) is 0. The van der Waals surface area contributed by atoms with E-state index >= 15 is 0 Å². The first-order valence-corrected chi connectivity index (χ1v) is 5.87. The van der Waals surface area contributed by atoms with Crippen LogP contribution in [0.15, 0.2) is 29.2 Å². The molecule has 0 aliphatic carbocycles. The van der Waals surface area contributed by atoms with E-state index in [-0.39, 0.29) is 2.72 Å². The third-order valence-electron chi connectivity index (χ3n) is 1.28. The molecule has 0 radical (unpaired) electrons. The number of methoxy groups -OCH3 is 1. The van der Waals surface area contributed by atoms with Gasteiger partial charge in [0.2, 0.25) is 0 Å². The van der Waals surface area contributed by atoms with E-state index in [0.29, 0.717) is 0 Å². The minimum atomic E-state index is 0.0796. The molecule has 1 atom stereocenters. The molecule has 66 valence electrons. The maximum atomic E-state index is 5.80. The van der Waals surface area contributed by atoms with Crippen LogP contribution in [0.5, 0.6) is 5.75 Å². The number of benzene rings is 1. The fraction of sp³-hybridized carbons (Fsp3) is 0.250. The molecule has 1 rings (SSSR count). The van der Waals surface area contributed by atoms with Crippen LogP contribution in [0.25, 0.3) is 0 Å². The molecule has 0 aliphatic rings. The second-order valence-corrected chi connectivity index (χ2v) is 6.75. The summed E-state index contributed by atoms with van der Waals surface area (Å²) in [6, 6.07) is 7.85. The van der Waals surface area contributed by atoms with Crippen molar-refractivity contribution in [3.8, 4) is 5.75 Å². The van der Waals surface area contributed by atoms with Crippen LogP contribution in [0.4, 0.5) is 0 Å². The third-order valence-corrected chi connectivity index (χ3v) is 3.04. The van der Waals surface area contributed by atoms with Gasteiger partial charge in [0, 0.05) is 4.90 Å². The van der Waals surface area contributed by atoms with E-state index in [1.807, 2.05) is 24.3 Å². The average molecular weight is 315 g/mol. The Morgan fingerprint density at radius 3 is 2.42 bits per heavy atom. The predicted molar refractivity (Wildman–Crippen MR) is 62.5 cm³/mol. The smallest absolute Gasteiger partial charge is 0.134 e. The second kappa shape index (κ2) is 5.19. The van der Waals surface area contributed by atoms with Gasteiger partial charge in [0.1, 0.15) is 8.47 Å². The first-order valence-electron chi connectivity index (χ1n) is 3.31. The van der Waals surface area contributed by atoms with Crippen molar-refractivity contribution in [2.24, 2.45) is 0 Å². The quantitative estimate of drug-likeness (QED) is 0.477. The lowest BCUT2D eigenvalue weighted by molar-refractivity contribution is 0.414. The summed E-state index contributed by atoms with van der Waals surface area (Å²) >= 11 is 9.58. The lowest BCUT2D eigenvalue weighted by Gasteiger charge is -2.02. The lowest BCUT2D eigenvalue weighted by atomic mass is 10.3. The highest BCUT2D eigenvalue weighted by atomic mass is 127. The van der Waals surface area contributed by atoms with E-state index in [1.54, 1.807) is 18.9 Å². The van der Waals surface area contributed by atoms with E-state index in [1.165, 1.54) is 0 Å². The lowest BCUT2D eigenvalue weighted by Crippen LogP contribution is -1.82. The van der Waals surface area contributed by atoms with Gasteiger partial charge in [-0.25, -0.2) is 0 Å². The van der Waals surface area contributed by atoms with Crippen molar-refractivity contribution in [3.05, 3.63) is 24.3 Å². The Morgan fingerprint density at radius 1 is 1.42 bits per heavy atom. The highest BCUT2D eigenvalue weighted by Gasteiger charge is 2.00. The standard InChI is InChI=1S/C8H8ClIOS/c1-11-6-2-4-7(5-3-6)12-8(9)10/h2-5,8H,1H3. The van der Waals surface area contributed by atoms with E-state index < -0.39 is 0 Å². The van der Waals surface area contributed by atoms with Crippen LogP contribution >= 0.6 is 46.0 Å². The van der Waals surface area contributed by atoms with Gasteiger partial charge in [-0.1, -0.05) is 46.0 Å². The van der Waals surface area contributed by atoms with Crippen LogP contribution in [0.1, 0.15) is 0 Å². The summed E-state index contributed by atoms with van der Waals surface area (Å²) in [4.78, 5) is 1.16. The molecular weight excluding hydrogens is 307 g/mol. The number of ether oxygens (including phenoxy) is 1. The minimum absolute atomic E-state index is 0.0796. The van der Waals surface area contributed by atoms with Crippen molar-refractivity contribution in [1.82, 2.24) is 0 Å². The highest BCUT2D eigenvalue weighted by molar-refractivity contribution is 14.1. The largest absolute Gasteiger partial charge is 0.497 e. The van der Waals surface area contributed by atoms with Gasteiger partial charge >= 0.3 is 0 Å². The summed E-state index contributed by atoms with van der Waals surface area (Å²) < 4.78 is 5.11. The van der Waals surface area contributed by atoms with Crippen LogP contribution in [-0.2, 0) is 0 Å². The van der Waals surface area contributed by atoms with Gasteiger partial charge in [-0.05, 0) is 24.3 Å². The molecule has 0 aromatic heterocycles. The number of thioether (sulfide) groups is 1. The summed E-state index contributed by atoms with van der Waals surface area (Å²) in [5, 5.41) is 0. The number of hydrogen-bond acceptors (Lipinski definition) is 2. The SMILES string of the molecule is COc1ccc(SC(Cl)I)cc1. The van der Waals surface area contributed by atoms with Gasteiger partial charge in [-0.3, -0.25) is 0 Å². The van der Waals surface area contributed by atoms with Gasteiger partial charge < -0.3 is 4.74 Å². The van der Waals surface area contributed by atoms with Gasteiger partial charge in [0.05, 0.1) is 7.11 Å². The van der Waals surface area contributed by atoms with E-state index in [0.717, 1.165) is 10.6 Å². The van der Waals surface area contributed by atoms with E-state index in [2.05, 4.69) is 22.6 Å². The summed E-state index contributed by atoms with van der Waals surface area (Å²) in [6.45, 7) is 0. The Bertz CT molecular complexity index is 237. The molecule has 0 bridgehead atoms. The third kappa shape index (κ3) is 3.41. The highest BCUT2D eigenvalue weighted by Crippen LogP contribution is 2.30. The molecule has 0 fully saturated rings. The minimum Gasteiger partial charge on any atom is -0.497 e. The predicted octanol–water partition coefficient (Wildman–Crippen LogP) is 3.74. The summed E-state index contributed by atoms with van der Waals surface area (Å²) in [5.41, 5.74) is 0. The van der Waals surface area contributed by atoms with Crippen LogP contribution in [0.2, 0.25) is 0 Å². The zero-order valence-corrected chi connectivity index (χ0v) is 10.2. The molecule has 0 N–H and O–H groups in total. The van der Waals surface area contributed by atoms with Gasteiger partial charge in [-0.2, -0.15) is 0 Å². The molecule has 0 aliphatic heterocycles. The average Bonchev–Trinajstić information content (AvgIpc) is 2.05. The Morgan fingerprint density at radius 2 is 2.00 bits per heavy atom. The van der Waals surface area contributed by atoms with Crippen molar-refractivity contribution < 1.29 is 4.74 Å². The van der Waals surface area contributed by atoms with Crippen molar-refractivity contribution in [2.75, 3.05) is 7.11 Å². The molecule has 4 heteroatoms. The molecule has 0 heterocycles. The Hall–Kier alpha value is 0.390. The first kappa shape index (κ1) is 10.5. The van der Waals surface area contributed by atoms with E-state index in [4.69, 9.17) is 16.3 Å². The number of rotatable bonds is 3. The van der Waals surface area contributed by atoms with Gasteiger partial charge in [0.15, 0.2) is 0 Å². The Labute approximate surface area is 95.0 Å². The van der Waals surface area contributed by atoms with Crippen LogP contribution in [0, 0.1) is 0 Å². The normalized spacial score (nSPS) is 12.6. The number of halogens is 2. The Balaban J connectivity index is 2.65. The molecule has 1 nitrogen and oxygen atoms in total. The second-order valence-electron chi connectivity index (χ2n) is 2.05. The molecule has 1 aromatic carbocycles. The fourth-order valence-electron chi connectivity index (χ4n) is 0.757. The molecular formula is C8H8ClIOS. The summed E-state index contributed by atoms with van der Waals surface area (Å²) in [7, 11) is 1.66. The molecule has 0 saturated carbocycles. The van der Waals surface area contributed by atoms with Crippen molar-refractivity contribution in [3.63, 3.8) is 0 Å². The molecule has 1 unspecified atom stereocenters. The molecule has 0 saturated heterocycles. The maximum Gasteiger partial charge on any atom is 0.134 e. The van der Waals surface area contributed by atoms with Crippen molar-refractivity contribution in [1.29, 1.82) is 0 Å². The van der Waals surface area contributed by atoms with Gasteiger partial charge in [0.25, 0.3) is 0 Å². The summed E-state index contributed by atoms with van der Waals surface area (Å²) in [5.74, 6) is 0.874. The molecule has 1 aromatic rings. The molecule has 12 heavy (non-hydrogen) atoms. The zero-order chi connectivity index (χ0) is 8.97. The van der Waals surface area contributed by atoms with Gasteiger partial charge in [-0.15, -0.1) is 0 Å². The van der Waals surface area contributed by atoms with Crippen molar-refractivity contribution in [2.45, 2.75) is 7.61 Å². The Kier molecular flexibility index (Phi) is 4.53. The molecule has 0 amide bonds. The summed E-state index contributed by atoms with van der Waals surface area (Å²) in [6.07, 6.45) is 0. The topological polar surface area (TPSA) is 9.23 Å². The van der Waals surface area contributed by atoms with Crippen LogP contribution in [0.3, 0.4) is 0 Å². The molecule has 0 spiro atoms. The van der Waals surface area contributed by atoms with E-state index in [9.17, 15) is 0 Å². The fourth-order valence-corrected chi connectivity index (χ4v) is 2.45. The first-order chi connectivity index (χ1) is 5.72. The zero-order valence-electron chi connectivity index (χ0n) is 6.46. The van der Waals surface area contributed by atoms with Crippen molar-refractivity contribution >= 4 is 46.0 Å². The van der Waals surface area contributed by atoms with Crippen LogP contribution in [-0.4, -0.2) is 9.83 Å². The van der Waals surface area contributed by atoms with Crippen LogP contribution < -0.4 is 4.74 Å². The monoisotopic (exact) mass is 314 g/mol. The maximum absolute atomic E-state index is 5.80. The number of alkyl halides is 2.